The number of aryl methyl sites for hydroxylation is 1. The summed E-state index contributed by atoms with van der Waals surface area (Å²) in [5, 5.41) is 9.85. The standard InChI is InChI=1S/C22H23N3O3S/c1-14-13-29-22(23-14)25-18(12-17(24-25)15-8-6-5-7-9-15)16-10-19(26-2)21(28-4)20(11-16)27-3/h5-11,13,18H,12H2,1-4H3/t18-/m1/s1. The van der Waals surface area contributed by atoms with Gasteiger partial charge in [-0.2, -0.15) is 5.10 Å². The van der Waals surface area contributed by atoms with E-state index in [9.17, 15) is 0 Å². The van der Waals surface area contributed by atoms with Crippen LogP contribution in [0.25, 0.3) is 0 Å². The molecule has 0 amide bonds. The minimum atomic E-state index is -0.0236. The number of rotatable bonds is 6. The quantitative estimate of drug-likeness (QED) is 0.583. The molecule has 3 aromatic rings. The van der Waals surface area contributed by atoms with Crippen molar-refractivity contribution in [1.82, 2.24) is 4.98 Å². The van der Waals surface area contributed by atoms with Crippen LogP contribution in [0.2, 0.25) is 0 Å². The largest absolute Gasteiger partial charge is 0.493 e. The highest BCUT2D eigenvalue weighted by Crippen LogP contribution is 2.44. The van der Waals surface area contributed by atoms with Crippen molar-refractivity contribution in [2.24, 2.45) is 5.10 Å². The van der Waals surface area contributed by atoms with Gasteiger partial charge in [-0.1, -0.05) is 30.3 Å². The molecule has 150 valence electrons. The number of hydrazone groups is 1. The van der Waals surface area contributed by atoms with Crippen LogP contribution in [0.15, 0.2) is 52.9 Å². The Morgan fingerprint density at radius 2 is 1.69 bits per heavy atom. The fraction of sp³-hybridized carbons (Fsp3) is 0.273. The number of anilines is 1. The number of thiazole rings is 1. The summed E-state index contributed by atoms with van der Waals surface area (Å²) in [6, 6.07) is 14.2. The van der Waals surface area contributed by atoms with Crippen molar-refractivity contribution in [2.75, 3.05) is 26.3 Å². The summed E-state index contributed by atoms with van der Waals surface area (Å²) < 4.78 is 16.6. The first-order valence-electron chi connectivity index (χ1n) is 9.28. The average molecular weight is 410 g/mol. The Labute approximate surface area is 174 Å². The van der Waals surface area contributed by atoms with Gasteiger partial charge < -0.3 is 14.2 Å². The van der Waals surface area contributed by atoms with E-state index in [-0.39, 0.29) is 6.04 Å². The fourth-order valence-corrected chi connectivity index (χ4v) is 4.29. The summed E-state index contributed by atoms with van der Waals surface area (Å²) in [6.45, 7) is 1.99. The monoisotopic (exact) mass is 409 g/mol. The molecule has 7 heteroatoms. The Bertz CT molecular complexity index is 1010. The molecule has 0 radical (unpaired) electrons. The zero-order valence-corrected chi connectivity index (χ0v) is 17.7. The van der Waals surface area contributed by atoms with Gasteiger partial charge in [0.05, 0.1) is 38.8 Å². The van der Waals surface area contributed by atoms with E-state index in [1.807, 2.05) is 47.6 Å². The van der Waals surface area contributed by atoms with Crippen molar-refractivity contribution >= 4 is 22.2 Å². The topological polar surface area (TPSA) is 56.2 Å². The Kier molecular flexibility index (Phi) is 5.40. The lowest BCUT2D eigenvalue weighted by Crippen LogP contribution is -2.18. The molecule has 1 atom stereocenters. The highest BCUT2D eigenvalue weighted by molar-refractivity contribution is 7.13. The summed E-state index contributed by atoms with van der Waals surface area (Å²) in [5.74, 6) is 1.84. The van der Waals surface area contributed by atoms with Crippen molar-refractivity contribution in [3.63, 3.8) is 0 Å². The molecule has 1 aromatic heterocycles. The number of nitrogens with zero attached hydrogens (tertiary/aromatic N) is 3. The summed E-state index contributed by atoms with van der Waals surface area (Å²) in [5.41, 5.74) is 4.15. The van der Waals surface area contributed by atoms with Crippen LogP contribution in [-0.2, 0) is 0 Å². The van der Waals surface area contributed by atoms with Crippen molar-refractivity contribution in [1.29, 1.82) is 0 Å². The molecule has 0 aliphatic carbocycles. The first kappa shape index (κ1) is 19.3. The molecule has 0 bridgehead atoms. The van der Waals surface area contributed by atoms with Gasteiger partial charge >= 0.3 is 0 Å². The van der Waals surface area contributed by atoms with Crippen LogP contribution in [0.5, 0.6) is 17.2 Å². The molecule has 2 aromatic carbocycles. The molecule has 1 aliphatic heterocycles. The third-order valence-electron chi connectivity index (χ3n) is 4.89. The van der Waals surface area contributed by atoms with E-state index in [0.717, 1.165) is 34.1 Å². The van der Waals surface area contributed by atoms with Gasteiger partial charge in [0.15, 0.2) is 11.5 Å². The minimum Gasteiger partial charge on any atom is -0.493 e. The van der Waals surface area contributed by atoms with Gasteiger partial charge in [-0.3, -0.25) is 0 Å². The second-order valence-electron chi connectivity index (χ2n) is 6.71. The lowest BCUT2D eigenvalue weighted by atomic mass is 9.98. The maximum absolute atomic E-state index is 5.56. The van der Waals surface area contributed by atoms with Gasteiger partial charge in [-0.05, 0) is 30.2 Å². The number of ether oxygens (including phenoxy) is 3. The number of hydrogen-bond acceptors (Lipinski definition) is 7. The van der Waals surface area contributed by atoms with Crippen LogP contribution in [0.3, 0.4) is 0 Å². The normalized spacial score (nSPS) is 15.9. The van der Waals surface area contributed by atoms with Crippen LogP contribution in [0.4, 0.5) is 5.13 Å². The van der Waals surface area contributed by atoms with E-state index in [1.165, 1.54) is 0 Å². The first-order valence-corrected chi connectivity index (χ1v) is 10.2. The first-order chi connectivity index (χ1) is 14.1. The van der Waals surface area contributed by atoms with E-state index in [0.29, 0.717) is 17.2 Å². The van der Waals surface area contributed by atoms with Crippen molar-refractivity contribution < 1.29 is 14.2 Å². The van der Waals surface area contributed by atoms with Crippen LogP contribution in [-0.4, -0.2) is 32.0 Å². The highest BCUT2D eigenvalue weighted by Gasteiger charge is 2.33. The van der Waals surface area contributed by atoms with Gasteiger partial charge in [0.25, 0.3) is 0 Å². The van der Waals surface area contributed by atoms with E-state index < -0.39 is 0 Å². The molecule has 0 N–H and O–H groups in total. The molecule has 0 unspecified atom stereocenters. The zero-order chi connectivity index (χ0) is 20.4. The van der Waals surface area contributed by atoms with E-state index in [4.69, 9.17) is 19.3 Å². The maximum atomic E-state index is 5.56. The Hall–Kier alpha value is -3.06. The fourth-order valence-electron chi connectivity index (χ4n) is 3.49. The number of aromatic nitrogens is 1. The molecule has 2 heterocycles. The predicted octanol–water partition coefficient (Wildman–Crippen LogP) is 4.83. The van der Waals surface area contributed by atoms with Gasteiger partial charge in [0.2, 0.25) is 10.9 Å². The zero-order valence-electron chi connectivity index (χ0n) is 16.9. The summed E-state index contributed by atoms with van der Waals surface area (Å²) in [4.78, 5) is 4.67. The average Bonchev–Trinajstić information content (AvgIpc) is 3.39. The second-order valence-corrected chi connectivity index (χ2v) is 7.54. The molecule has 0 spiro atoms. The van der Waals surface area contributed by atoms with Gasteiger partial charge in [0.1, 0.15) is 0 Å². The SMILES string of the molecule is COc1cc([C@H]2CC(c3ccccc3)=NN2c2nc(C)cs2)cc(OC)c1OC. The number of benzene rings is 2. The molecule has 0 saturated carbocycles. The Balaban J connectivity index is 1.79. The molecule has 29 heavy (non-hydrogen) atoms. The van der Waals surface area contributed by atoms with Crippen LogP contribution >= 0.6 is 11.3 Å². The lowest BCUT2D eigenvalue weighted by molar-refractivity contribution is 0.323. The van der Waals surface area contributed by atoms with Gasteiger partial charge in [-0.25, -0.2) is 9.99 Å². The molecular formula is C22H23N3O3S. The predicted molar refractivity (Wildman–Crippen MR) is 116 cm³/mol. The van der Waals surface area contributed by atoms with Crippen LogP contribution < -0.4 is 19.2 Å². The van der Waals surface area contributed by atoms with Crippen molar-refractivity contribution in [2.45, 2.75) is 19.4 Å². The van der Waals surface area contributed by atoms with E-state index in [2.05, 4.69) is 17.1 Å². The third-order valence-corrected chi connectivity index (χ3v) is 5.84. The highest BCUT2D eigenvalue weighted by atomic mass is 32.1. The van der Waals surface area contributed by atoms with Gasteiger partial charge in [0, 0.05) is 11.8 Å². The lowest BCUT2D eigenvalue weighted by Gasteiger charge is -2.23. The molecule has 1 aliphatic rings. The summed E-state index contributed by atoms with van der Waals surface area (Å²) in [6.07, 6.45) is 0.751. The number of methoxy groups -OCH3 is 3. The van der Waals surface area contributed by atoms with Crippen molar-refractivity contribution in [3.05, 3.63) is 64.7 Å². The van der Waals surface area contributed by atoms with Gasteiger partial charge in [-0.15, -0.1) is 11.3 Å². The minimum absolute atomic E-state index is 0.0236. The van der Waals surface area contributed by atoms with E-state index in [1.54, 1.807) is 32.7 Å². The summed E-state index contributed by atoms with van der Waals surface area (Å²) in [7, 11) is 4.87. The van der Waals surface area contributed by atoms with Crippen LogP contribution in [0, 0.1) is 6.92 Å². The van der Waals surface area contributed by atoms with Crippen molar-refractivity contribution in [3.8, 4) is 17.2 Å². The molecule has 6 nitrogen and oxygen atoms in total. The second kappa shape index (κ2) is 8.13. The maximum Gasteiger partial charge on any atom is 0.206 e. The molecule has 0 fully saturated rings. The molecule has 0 saturated heterocycles. The number of hydrogen-bond donors (Lipinski definition) is 0. The molecule has 4 rings (SSSR count). The van der Waals surface area contributed by atoms with Crippen LogP contribution in [0.1, 0.15) is 29.3 Å². The smallest absolute Gasteiger partial charge is 0.206 e. The third kappa shape index (κ3) is 3.65. The Morgan fingerprint density at radius 1 is 1.00 bits per heavy atom. The van der Waals surface area contributed by atoms with E-state index >= 15 is 0 Å². The molecular weight excluding hydrogens is 386 g/mol. The Morgan fingerprint density at radius 3 is 2.24 bits per heavy atom. The summed E-state index contributed by atoms with van der Waals surface area (Å²) >= 11 is 1.59.